The van der Waals surface area contributed by atoms with Crippen molar-refractivity contribution >= 4 is 0 Å². The molecule has 0 atom stereocenters. The summed E-state index contributed by atoms with van der Waals surface area (Å²) in [5.74, 6) is 0. The molecule has 1 aromatic carbocycles. The third kappa shape index (κ3) is 2.87. The van der Waals surface area contributed by atoms with Crippen LogP contribution >= 0.6 is 0 Å². The van der Waals surface area contributed by atoms with Crippen LogP contribution in [0.15, 0.2) is 24.3 Å². The summed E-state index contributed by atoms with van der Waals surface area (Å²) in [6.07, 6.45) is 3.36. The second-order valence-electron chi connectivity index (χ2n) is 5.41. The van der Waals surface area contributed by atoms with E-state index in [4.69, 9.17) is 0 Å². The van der Waals surface area contributed by atoms with Gasteiger partial charge in [-0.1, -0.05) is 36.2 Å². The molecule has 2 rings (SSSR count). The molecule has 1 aliphatic rings. The van der Waals surface area contributed by atoms with Crippen molar-refractivity contribution in [2.45, 2.75) is 32.7 Å². The zero-order valence-corrected chi connectivity index (χ0v) is 10.7. The van der Waals surface area contributed by atoms with Crippen molar-refractivity contribution in [2.75, 3.05) is 13.6 Å². The van der Waals surface area contributed by atoms with Gasteiger partial charge in [0.1, 0.15) is 0 Å². The van der Waals surface area contributed by atoms with Crippen molar-refractivity contribution in [3.63, 3.8) is 0 Å². The number of nitriles is 1. The first kappa shape index (κ1) is 12.1. The van der Waals surface area contributed by atoms with Gasteiger partial charge in [0.2, 0.25) is 0 Å². The van der Waals surface area contributed by atoms with Crippen LogP contribution < -0.4 is 0 Å². The van der Waals surface area contributed by atoms with Crippen LogP contribution in [0.5, 0.6) is 0 Å². The van der Waals surface area contributed by atoms with E-state index in [9.17, 15) is 5.26 Å². The molecule has 0 heterocycles. The van der Waals surface area contributed by atoms with E-state index in [0.29, 0.717) is 0 Å². The predicted octanol–water partition coefficient (Wildman–Crippen LogP) is 3.12. The van der Waals surface area contributed by atoms with Crippen molar-refractivity contribution in [3.8, 4) is 6.07 Å². The first-order valence-corrected chi connectivity index (χ1v) is 6.29. The van der Waals surface area contributed by atoms with Gasteiger partial charge in [0, 0.05) is 13.1 Å². The second-order valence-corrected chi connectivity index (χ2v) is 5.41. The standard InChI is InChI=1S/C15H20N2/c1-13-5-3-6-14(9-13)10-17(2)12-15(11-16)7-4-8-15/h3,5-6,9H,4,7-8,10,12H2,1-2H3. The van der Waals surface area contributed by atoms with Crippen LogP contribution in [0.1, 0.15) is 30.4 Å². The summed E-state index contributed by atoms with van der Waals surface area (Å²) in [6.45, 7) is 3.95. The highest BCUT2D eigenvalue weighted by Crippen LogP contribution is 2.40. The van der Waals surface area contributed by atoms with E-state index in [1.807, 2.05) is 0 Å². The average molecular weight is 228 g/mol. The lowest BCUT2D eigenvalue weighted by Gasteiger charge is -2.38. The normalized spacial score (nSPS) is 17.5. The van der Waals surface area contributed by atoms with Crippen LogP contribution in [0.3, 0.4) is 0 Å². The molecule has 1 aromatic rings. The molecular formula is C15H20N2. The number of rotatable bonds is 4. The third-order valence-electron chi connectivity index (χ3n) is 3.66. The largest absolute Gasteiger partial charge is 0.301 e. The van der Waals surface area contributed by atoms with Crippen LogP contribution in [0.2, 0.25) is 0 Å². The fraction of sp³-hybridized carbons (Fsp3) is 0.533. The molecule has 2 heteroatoms. The topological polar surface area (TPSA) is 27.0 Å². The van der Waals surface area contributed by atoms with Crippen molar-refractivity contribution in [3.05, 3.63) is 35.4 Å². The molecular weight excluding hydrogens is 208 g/mol. The van der Waals surface area contributed by atoms with Crippen LogP contribution in [0.25, 0.3) is 0 Å². The van der Waals surface area contributed by atoms with Crippen molar-refractivity contribution in [1.29, 1.82) is 5.26 Å². The lowest BCUT2D eigenvalue weighted by Crippen LogP contribution is -2.39. The Balaban J connectivity index is 1.93. The van der Waals surface area contributed by atoms with Gasteiger partial charge in [0.25, 0.3) is 0 Å². The lowest BCUT2D eigenvalue weighted by atomic mass is 9.69. The van der Waals surface area contributed by atoms with Gasteiger partial charge < -0.3 is 4.90 Å². The molecule has 1 aliphatic carbocycles. The van der Waals surface area contributed by atoms with E-state index in [0.717, 1.165) is 25.9 Å². The molecule has 17 heavy (non-hydrogen) atoms. The van der Waals surface area contributed by atoms with E-state index >= 15 is 0 Å². The first-order chi connectivity index (χ1) is 8.13. The molecule has 2 nitrogen and oxygen atoms in total. The Labute approximate surface area is 104 Å². The highest BCUT2D eigenvalue weighted by molar-refractivity contribution is 5.22. The molecule has 0 amide bonds. The van der Waals surface area contributed by atoms with Crippen molar-refractivity contribution < 1.29 is 0 Å². The highest BCUT2D eigenvalue weighted by atomic mass is 15.1. The van der Waals surface area contributed by atoms with Gasteiger partial charge in [0.05, 0.1) is 11.5 Å². The van der Waals surface area contributed by atoms with Gasteiger partial charge in [-0.25, -0.2) is 0 Å². The number of aryl methyl sites for hydroxylation is 1. The van der Waals surface area contributed by atoms with E-state index in [2.05, 4.69) is 49.2 Å². The molecule has 0 aromatic heterocycles. The molecule has 0 bridgehead atoms. The predicted molar refractivity (Wildman–Crippen MR) is 69.4 cm³/mol. The maximum atomic E-state index is 9.22. The highest BCUT2D eigenvalue weighted by Gasteiger charge is 2.37. The fourth-order valence-electron chi connectivity index (χ4n) is 2.60. The summed E-state index contributed by atoms with van der Waals surface area (Å²) in [5, 5.41) is 9.22. The van der Waals surface area contributed by atoms with Crippen LogP contribution in [0.4, 0.5) is 0 Å². The summed E-state index contributed by atoms with van der Waals surface area (Å²) in [6, 6.07) is 11.1. The fourth-order valence-corrected chi connectivity index (χ4v) is 2.60. The van der Waals surface area contributed by atoms with Gasteiger partial charge in [-0.05, 0) is 32.4 Å². The zero-order chi connectivity index (χ0) is 12.3. The quantitative estimate of drug-likeness (QED) is 0.791. The van der Waals surface area contributed by atoms with Gasteiger partial charge >= 0.3 is 0 Å². The Kier molecular flexibility index (Phi) is 3.49. The van der Waals surface area contributed by atoms with E-state index in [1.165, 1.54) is 17.5 Å². The van der Waals surface area contributed by atoms with Gasteiger partial charge in [0.15, 0.2) is 0 Å². The van der Waals surface area contributed by atoms with E-state index in [-0.39, 0.29) is 5.41 Å². The van der Waals surface area contributed by atoms with Crippen LogP contribution in [-0.4, -0.2) is 18.5 Å². The molecule has 0 unspecified atom stereocenters. The molecule has 1 saturated carbocycles. The minimum Gasteiger partial charge on any atom is -0.301 e. The molecule has 0 N–H and O–H groups in total. The summed E-state index contributed by atoms with van der Waals surface area (Å²) in [7, 11) is 2.11. The van der Waals surface area contributed by atoms with Crippen LogP contribution in [-0.2, 0) is 6.54 Å². The minimum atomic E-state index is -0.0570. The van der Waals surface area contributed by atoms with E-state index in [1.54, 1.807) is 0 Å². The maximum Gasteiger partial charge on any atom is 0.0703 e. The first-order valence-electron chi connectivity index (χ1n) is 6.29. The molecule has 0 saturated heterocycles. The van der Waals surface area contributed by atoms with Crippen LogP contribution in [0, 0.1) is 23.7 Å². The number of nitrogens with zero attached hydrogens (tertiary/aromatic N) is 2. The second kappa shape index (κ2) is 4.89. The lowest BCUT2D eigenvalue weighted by molar-refractivity contribution is 0.134. The molecule has 90 valence electrons. The van der Waals surface area contributed by atoms with E-state index < -0.39 is 0 Å². The Hall–Kier alpha value is -1.33. The summed E-state index contributed by atoms with van der Waals surface area (Å²) in [4.78, 5) is 2.27. The zero-order valence-electron chi connectivity index (χ0n) is 10.7. The average Bonchev–Trinajstić information content (AvgIpc) is 2.23. The number of benzene rings is 1. The summed E-state index contributed by atoms with van der Waals surface area (Å²) < 4.78 is 0. The molecule has 0 spiro atoms. The summed E-state index contributed by atoms with van der Waals surface area (Å²) in [5.41, 5.74) is 2.58. The Bertz CT molecular complexity index is 427. The minimum absolute atomic E-state index is 0.0570. The molecule has 1 fully saturated rings. The van der Waals surface area contributed by atoms with Crippen molar-refractivity contribution in [2.24, 2.45) is 5.41 Å². The Morgan fingerprint density at radius 2 is 2.18 bits per heavy atom. The Morgan fingerprint density at radius 1 is 1.41 bits per heavy atom. The maximum absolute atomic E-state index is 9.22. The van der Waals surface area contributed by atoms with Gasteiger partial charge in [-0.3, -0.25) is 0 Å². The van der Waals surface area contributed by atoms with Gasteiger partial charge in [-0.15, -0.1) is 0 Å². The monoisotopic (exact) mass is 228 g/mol. The van der Waals surface area contributed by atoms with Crippen molar-refractivity contribution in [1.82, 2.24) is 4.90 Å². The Morgan fingerprint density at radius 3 is 2.71 bits per heavy atom. The third-order valence-corrected chi connectivity index (χ3v) is 3.66. The molecule has 0 radical (unpaired) electrons. The molecule has 0 aliphatic heterocycles. The number of hydrogen-bond donors (Lipinski definition) is 0. The van der Waals surface area contributed by atoms with Gasteiger partial charge in [-0.2, -0.15) is 5.26 Å². The SMILES string of the molecule is Cc1cccc(CN(C)CC2(C#N)CCC2)c1. The smallest absolute Gasteiger partial charge is 0.0703 e. The summed E-state index contributed by atoms with van der Waals surface area (Å²) >= 11 is 0. The number of hydrogen-bond acceptors (Lipinski definition) is 2.